The van der Waals surface area contributed by atoms with Crippen LogP contribution in [0.3, 0.4) is 0 Å². The van der Waals surface area contributed by atoms with Crippen LogP contribution < -0.4 is 4.90 Å². The fourth-order valence-corrected chi connectivity index (χ4v) is 3.79. The van der Waals surface area contributed by atoms with Gasteiger partial charge in [-0.2, -0.15) is 0 Å². The van der Waals surface area contributed by atoms with Crippen LogP contribution in [-0.4, -0.2) is 54.3 Å². The molecule has 5 nitrogen and oxygen atoms in total. The maximum absolute atomic E-state index is 9.41. The number of hydrogen-bond donors (Lipinski definition) is 1. The van der Waals surface area contributed by atoms with Crippen molar-refractivity contribution in [3.63, 3.8) is 0 Å². The Labute approximate surface area is 125 Å². The van der Waals surface area contributed by atoms with Gasteiger partial charge in [0, 0.05) is 26.2 Å². The quantitative estimate of drug-likeness (QED) is 0.830. The predicted molar refractivity (Wildman–Crippen MR) is 82.3 cm³/mol. The van der Waals surface area contributed by atoms with Crippen molar-refractivity contribution in [2.75, 3.05) is 38.2 Å². The minimum absolute atomic E-state index is 0.0453. The third kappa shape index (κ3) is 3.31. The number of ether oxygens (including phenoxy) is 1. The summed E-state index contributed by atoms with van der Waals surface area (Å²) in [6.45, 7) is 9.24. The van der Waals surface area contributed by atoms with E-state index >= 15 is 0 Å². The zero-order valence-corrected chi connectivity index (χ0v) is 13.4. The molecule has 1 aliphatic heterocycles. The van der Waals surface area contributed by atoms with E-state index in [0.717, 1.165) is 41.9 Å². The van der Waals surface area contributed by atoms with Gasteiger partial charge in [0.2, 0.25) is 0 Å². The molecule has 1 atom stereocenters. The molecule has 0 spiro atoms. The second-order valence-corrected chi connectivity index (χ2v) is 6.13. The van der Waals surface area contributed by atoms with Gasteiger partial charge in [-0.25, -0.2) is 4.98 Å². The lowest BCUT2D eigenvalue weighted by molar-refractivity contribution is 0.179. The van der Waals surface area contributed by atoms with E-state index in [1.807, 2.05) is 0 Å². The van der Waals surface area contributed by atoms with Crippen molar-refractivity contribution in [3.05, 3.63) is 10.6 Å². The molecule has 20 heavy (non-hydrogen) atoms. The minimum atomic E-state index is 0.0453. The minimum Gasteiger partial charge on any atom is -0.391 e. The highest BCUT2D eigenvalue weighted by Gasteiger charge is 2.28. The zero-order valence-electron chi connectivity index (χ0n) is 12.6. The Morgan fingerprint density at radius 3 is 2.80 bits per heavy atom. The normalized spacial score (nSPS) is 19.2. The molecule has 0 aromatic carbocycles. The van der Waals surface area contributed by atoms with Crippen molar-refractivity contribution in [1.82, 2.24) is 9.88 Å². The Hall–Kier alpha value is -0.690. The number of aliphatic hydroxyl groups excluding tert-OH is 1. The Morgan fingerprint density at radius 2 is 2.20 bits per heavy atom. The Bertz CT molecular complexity index is 421. The van der Waals surface area contributed by atoms with Gasteiger partial charge in [0.25, 0.3) is 0 Å². The van der Waals surface area contributed by atoms with Crippen LogP contribution in [0.2, 0.25) is 0 Å². The fourth-order valence-electron chi connectivity index (χ4n) is 2.83. The highest BCUT2D eigenvalue weighted by Crippen LogP contribution is 2.30. The molecule has 6 heteroatoms. The van der Waals surface area contributed by atoms with Crippen LogP contribution >= 0.6 is 11.3 Å². The van der Waals surface area contributed by atoms with Gasteiger partial charge < -0.3 is 14.7 Å². The molecular weight excluding hydrogens is 274 g/mol. The van der Waals surface area contributed by atoms with Gasteiger partial charge in [-0.15, -0.1) is 0 Å². The number of rotatable bonds is 7. The topological polar surface area (TPSA) is 48.8 Å². The van der Waals surface area contributed by atoms with Gasteiger partial charge in [0.15, 0.2) is 5.13 Å². The summed E-state index contributed by atoms with van der Waals surface area (Å²) in [5, 5.41) is 10.4. The van der Waals surface area contributed by atoms with Crippen LogP contribution in [0.25, 0.3) is 0 Å². The average Bonchev–Trinajstić information content (AvgIpc) is 3.07. The third-order valence-electron chi connectivity index (χ3n) is 3.95. The summed E-state index contributed by atoms with van der Waals surface area (Å²) in [4.78, 5) is 10.4. The second-order valence-electron chi connectivity index (χ2n) is 5.07. The molecule has 1 fully saturated rings. The molecule has 0 bridgehead atoms. The smallest absolute Gasteiger partial charge is 0.186 e. The molecule has 0 radical (unpaired) electrons. The van der Waals surface area contributed by atoms with Crippen molar-refractivity contribution in [3.8, 4) is 0 Å². The highest BCUT2D eigenvalue weighted by atomic mass is 32.1. The number of aromatic nitrogens is 1. The summed E-state index contributed by atoms with van der Waals surface area (Å²) >= 11 is 1.59. The van der Waals surface area contributed by atoms with Crippen molar-refractivity contribution in [1.29, 1.82) is 0 Å². The molecule has 1 N–H and O–H groups in total. The summed E-state index contributed by atoms with van der Waals surface area (Å²) in [7, 11) is 1.66. The van der Waals surface area contributed by atoms with Crippen molar-refractivity contribution < 1.29 is 9.84 Å². The van der Waals surface area contributed by atoms with Crippen LogP contribution in [0.5, 0.6) is 0 Å². The average molecular weight is 299 g/mol. The first-order valence-corrected chi connectivity index (χ1v) is 8.12. The molecule has 1 aliphatic rings. The van der Waals surface area contributed by atoms with E-state index in [2.05, 4.69) is 28.6 Å². The standard InChI is InChI=1S/C14H25N3O2S/c1-4-16(5-2)11-6-7-17(8-11)14-15-12(10-19-3)13(9-18)20-14/h11,18H,4-10H2,1-3H3. The third-order valence-corrected chi connectivity index (χ3v) is 5.10. The van der Waals surface area contributed by atoms with Crippen molar-refractivity contribution in [2.24, 2.45) is 0 Å². The predicted octanol–water partition coefficient (Wildman–Crippen LogP) is 1.70. The number of aliphatic hydroxyl groups is 1. The molecule has 1 aromatic rings. The Kier molecular flexibility index (Phi) is 5.77. The fraction of sp³-hybridized carbons (Fsp3) is 0.786. The van der Waals surface area contributed by atoms with E-state index in [0.29, 0.717) is 12.6 Å². The number of thiazole rings is 1. The summed E-state index contributed by atoms with van der Waals surface area (Å²) in [5.41, 5.74) is 0.876. The van der Waals surface area contributed by atoms with Gasteiger partial charge in [-0.1, -0.05) is 25.2 Å². The van der Waals surface area contributed by atoms with Crippen molar-refractivity contribution in [2.45, 2.75) is 39.5 Å². The number of hydrogen-bond acceptors (Lipinski definition) is 6. The molecule has 2 heterocycles. The number of nitrogens with zero attached hydrogens (tertiary/aromatic N) is 3. The van der Waals surface area contributed by atoms with Gasteiger partial charge in [-0.3, -0.25) is 4.90 Å². The maximum atomic E-state index is 9.41. The van der Waals surface area contributed by atoms with Gasteiger partial charge in [0.05, 0.1) is 23.8 Å². The van der Waals surface area contributed by atoms with Crippen LogP contribution in [0.1, 0.15) is 30.8 Å². The number of methoxy groups -OCH3 is 1. The lowest BCUT2D eigenvalue weighted by Crippen LogP contribution is -2.37. The van der Waals surface area contributed by atoms with Gasteiger partial charge in [0.1, 0.15) is 0 Å². The van der Waals surface area contributed by atoms with Gasteiger partial charge >= 0.3 is 0 Å². The summed E-state index contributed by atoms with van der Waals surface area (Å²) in [6.07, 6.45) is 1.19. The maximum Gasteiger partial charge on any atom is 0.186 e. The van der Waals surface area contributed by atoms with E-state index in [1.54, 1.807) is 18.4 Å². The first-order valence-electron chi connectivity index (χ1n) is 7.30. The number of anilines is 1. The molecule has 114 valence electrons. The lowest BCUT2D eigenvalue weighted by atomic mass is 10.2. The molecule has 0 aliphatic carbocycles. The monoisotopic (exact) mass is 299 g/mol. The van der Waals surface area contributed by atoms with E-state index in [1.165, 1.54) is 6.42 Å². The van der Waals surface area contributed by atoms with Crippen molar-refractivity contribution >= 4 is 16.5 Å². The number of likely N-dealkylation sites (N-methyl/N-ethyl adjacent to an activating group) is 1. The first kappa shape index (κ1) is 15.7. The highest BCUT2D eigenvalue weighted by molar-refractivity contribution is 7.15. The summed E-state index contributed by atoms with van der Waals surface area (Å²) in [6, 6.07) is 0.623. The van der Waals surface area contributed by atoms with Gasteiger partial charge in [-0.05, 0) is 19.5 Å². The largest absolute Gasteiger partial charge is 0.391 e. The second kappa shape index (κ2) is 7.36. The van der Waals surface area contributed by atoms with E-state index in [-0.39, 0.29) is 6.61 Å². The SMILES string of the molecule is CCN(CC)C1CCN(c2nc(COC)c(CO)s2)C1. The Morgan fingerprint density at radius 1 is 1.45 bits per heavy atom. The van der Waals surface area contributed by atoms with E-state index in [4.69, 9.17) is 4.74 Å². The zero-order chi connectivity index (χ0) is 14.5. The first-order chi connectivity index (χ1) is 9.73. The van der Waals surface area contributed by atoms with Crippen LogP contribution in [0.15, 0.2) is 0 Å². The molecule has 1 saturated heterocycles. The Balaban J connectivity index is 2.06. The van der Waals surface area contributed by atoms with Crippen LogP contribution in [0.4, 0.5) is 5.13 Å². The molecule has 2 rings (SSSR count). The van der Waals surface area contributed by atoms with Crippen LogP contribution in [0, 0.1) is 0 Å². The molecule has 0 amide bonds. The molecule has 1 unspecified atom stereocenters. The molecular formula is C14H25N3O2S. The van der Waals surface area contributed by atoms with E-state index in [9.17, 15) is 5.11 Å². The van der Waals surface area contributed by atoms with E-state index < -0.39 is 0 Å². The molecule has 0 saturated carbocycles. The summed E-state index contributed by atoms with van der Waals surface area (Å²) < 4.78 is 5.15. The molecule has 1 aromatic heterocycles. The lowest BCUT2D eigenvalue weighted by Gasteiger charge is -2.25. The van der Waals surface area contributed by atoms with Crippen LogP contribution in [-0.2, 0) is 18.0 Å². The summed E-state index contributed by atoms with van der Waals surface area (Å²) in [5.74, 6) is 0.